The van der Waals surface area contributed by atoms with Gasteiger partial charge in [-0.2, -0.15) is 0 Å². The van der Waals surface area contributed by atoms with Crippen LogP contribution in [-0.2, 0) is 29.0 Å². The Labute approximate surface area is 198 Å². The quantitative estimate of drug-likeness (QED) is 0.583. The number of carboxylic acids is 2. The molecule has 0 fully saturated rings. The third-order valence-electron chi connectivity index (χ3n) is 5.83. The van der Waals surface area contributed by atoms with Gasteiger partial charge in [-0.05, 0) is 85.8 Å². The van der Waals surface area contributed by atoms with E-state index in [9.17, 15) is 9.59 Å². The number of carboxylic acid groups (broad SMARTS) is 2. The van der Waals surface area contributed by atoms with Gasteiger partial charge in [0.05, 0.1) is 12.2 Å². The third kappa shape index (κ3) is 6.49. The molecule has 2 aromatic rings. The minimum atomic E-state index is -1.26. The van der Waals surface area contributed by atoms with E-state index in [0.29, 0.717) is 12.2 Å². The van der Waals surface area contributed by atoms with E-state index >= 15 is 0 Å². The SMILES string of the molecule is Cc1ccc(Cl)cc1CN1CCOc2cc3c(c(C)c21)CCNCC3.O=C(O)/C=C/C(=O)O. The number of aliphatic carboxylic acids is 2. The van der Waals surface area contributed by atoms with E-state index in [-0.39, 0.29) is 0 Å². The van der Waals surface area contributed by atoms with Crippen LogP contribution in [0.2, 0.25) is 5.02 Å². The predicted molar refractivity (Wildman–Crippen MR) is 129 cm³/mol. The topological polar surface area (TPSA) is 99.1 Å². The molecule has 0 saturated carbocycles. The van der Waals surface area contributed by atoms with Gasteiger partial charge < -0.3 is 25.2 Å². The Kier molecular flexibility index (Phi) is 8.36. The number of hydrogen-bond acceptors (Lipinski definition) is 5. The van der Waals surface area contributed by atoms with Crippen molar-refractivity contribution in [2.24, 2.45) is 0 Å². The molecule has 2 aromatic carbocycles. The number of benzene rings is 2. The molecule has 0 amide bonds. The fourth-order valence-corrected chi connectivity index (χ4v) is 4.41. The molecule has 3 N–H and O–H groups in total. The number of hydrogen-bond donors (Lipinski definition) is 3. The number of rotatable bonds is 4. The van der Waals surface area contributed by atoms with Gasteiger partial charge in [-0.15, -0.1) is 0 Å². The molecule has 4 rings (SSSR count). The van der Waals surface area contributed by atoms with Gasteiger partial charge in [-0.25, -0.2) is 9.59 Å². The molecular weight excluding hydrogens is 444 g/mol. The standard InChI is InChI=1S/C21H25ClN2O.C4H4O4/c1-14-3-4-18(22)11-17(14)13-24-9-10-25-20-12-16-5-7-23-8-6-19(16)15(2)21(20)24;5-3(6)1-2-4(7)8/h3-4,11-12,23H,5-10,13H2,1-2H3;1-2H,(H,5,6)(H,7,8)/b;2-1+. The highest BCUT2D eigenvalue weighted by Gasteiger charge is 2.25. The summed E-state index contributed by atoms with van der Waals surface area (Å²) in [6.07, 6.45) is 3.30. The summed E-state index contributed by atoms with van der Waals surface area (Å²) in [6.45, 7) is 9.05. The van der Waals surface area contributed by atoms with Crippen LogP contribution in [-0.4, -0.2) is 48.4 Å². The zero-order valence-corrected chi connectivity index (χ0v) is 19.6. The van der Waals surface area contributed by atoms with Crippen LogP contribution in [0.15, 0.2) is 36.4 Å². The minimum Gasteiger partial charge on any atom is -0.490 e. The molecule has 0 spiro atoms. The highest BCUT2D eigenvalue weighted by molar-refractivity contribution is 6.30. The van der Waals surface area contributed by atoms with Crippen LogP contribution >= 0.6 is 11.6 Å². The fourth-order valence-electron chi connectivity index (χ4n) is 4.21. The number of aryl methyl sites for hydroxylation is 1. The molecule has 33 heavy (non-hydrogen) atoms. The molecule has 0 bridgehead atoms. The third-order valence-corrected chi connectivity index (χ3v) is 6.07. The molecule has 2 aliphatic heterocycles. The van der Waals surface area contributed by atoms with E-state index in [1.165, 1.54) is 33.5 Å². The first-order valence-electron chi connectivity index (χ1n) is 10.9. The maximum Gasteiger partial charge on any atom is 0.328 e. The van der Waals surface area contributed by atoms with Crippen molar-refractivity contribution in [3.8, 4) is 5.75 Å². The Hall–Kier alpha value is -3.03. The van der Waals surface area contributed by atoms with Gasteiger partial charge in [0, 0.05) is 23.7 Å². The molecule has 176 valence electrons. The zero-order chi connectivity index (χ0) is 24.0. The van der Waals surface area contributed by atoms with Crippen LogP contribution < -0.4 is 15.0 Å². The van der Waals surface area contributed by atoms with Crippen molar-refractivity contribution in [2.45, 2.75) is 33.2 Å². The van der Waals surface area contributed by atoms with Gasteiger partial charge >= 0.3 is 11.9 Å². The lowest BCUT2D eigenvalue weighted by Crippen LogP contribution is -2.33. The van der Waals surface area contributed by atoms with E-state index in [4.69, 9.17) is 26.6 Å². The average molecular weight is 473 g/mol. The lowest BCUT2D eigenvalue weighted by atomic mass is 9.94. The Morgan fingerprint density at radius 1 is 1.12 bits per heavy atom. The number of nitrogens with zero attached hydrogens (tertiary/aromatic N) is 1. The van der Waals surface area contributed by atoms with Crippen LogP contribution in [0.4, 0.5) is 5.69 Å². The van der Waals surface area contributed by atoms with Gasteiger partial charge in [-0.1, -0.05) is 17.7 Å². The molecule has 8 heteroatoms. The predicted octanol–water partition coefficient (Wildman–Crippen LogP) is 3.76. The van der Waals surface area contributed by atoms with E-state index in [1.807, 2.05) is 6.07 Å². The lowest BCUT2D eigenvalue weighted by Gasteiger charge is -2.34. The maximum atomic E-state index is 9.55. The van der Waals surface area contributed by atoms with Gasteiger partial charge in [0.2, 0.25) is 0 Å². The van der Waals surface area contributed by atoms with Crippen molar-refractivity contribution in [3.05, 3.63) is 69.3 Å². The number of ether oxygens (including phenoxy) is 1. The number of halogens is 1. The summed E-state index contributed by atoms with van der Waals surface area (Å²) in [6, 6.07) is 8.44. The Balaban J connectivity index is 0.000000331. The highest BCUT2D eigenvalue weighted by Crippen LogP contribution is 2.40. The summed E-state index contributed by atoms with van der Waals surface area (Å²) in [5.74, 6) is -1.47. The molecule has 0 aliphatic carbocycles. The number of nitrogens with one attached hydrogen (secondary N) is 1. The second-order valence-electron chi connectivity index (χ2n) is 8.09. The summed E-state index contributed by atoms with van der Waals surface area (Å²) >= 11 is 6.23. The van der Waals surface area contributed by atoms with Crippen molar-refractivity contribution < 1.29 is 24.5 Å². The molecular formula is C25H29ClN2O5. The average Bonchev–Trinajstić information content (AvgIpc) is 3.01. The highest BCUT2D eigenvalue weighted by atomic mass is 35.5. The monoisotopic (exact) mass is 472 g/mol. The van der Waals surface area contributed by atoms with Crippen molar-refractivity contribution in [3.63, 3.8) is 0 Å². The van der Waals surface area contributed by atoms with Crippen LogP contribution in [0.5, 0.6) is 5.75 Å². The first kappa shape index (κ1) is 24.6. The Morgan fingerprint density at radius 3 is 2.52 bits per heavy atom. The Bertz CT molecular complexity index is 1050. The van der Waals surface area contributed by atoms with Gasteiger partial charge in [0.1, 0.15) is 12.4 Å². The Morgan fingerprint density at radius 2 is 1.82 bits per heavy atom. The lowest BCUT2D eigenvalue weighted by molar-refractivity contribution is -0.134. The largest absolute Gasteiger partial charge is 0.490 e. The van der Waals surface area contributed by atoms with Crippen molar-refractivity contribution in [2.75, 3.05) is 31.1 Å². The minimum absolute atomic E-state index is 0.558. The number of carbonyl (C=O) groups is 2. The molecule has 2 heterocycles. The molecule has 2 aliphatic rings. The summed E-state index contributed by atoms with van der Waals surface area (Å²) in [5, 5.41) is 19.9. The van der Waals surface area contributed by atoms with Crippen LogP contribution in [0.1, 0.15) is 27.8 Å². The molecule has 0 atom stereocenters. The summed E-state index contributed by atoms with van der Waals surface area (Å²) < 4.78 is 6.04. The van der Waals surface area contributed by atoms with Crippen molar-refractivity contribution in [1.29, 1.82) is 0 Å². The molecule has 0 aromatic heterocycles. The number of anilines is 1. The summed E-state index contributed by atoms with van der Waals surface area (Å²) in [5.41, 5.74) is 8.18. The first-order valence-corrected chi connectivity index (χ1v) is 11.3. The fraction of sp³-hybridized carbons (Fsp3) is 0.360. The second-order valence-corrected chi connectivity index (χ2v) is 8.52. The normalized spacial score (nSPS) is 14.9. The second kappa shape index (κ2) is 11.2. The van der Waals surface area contributed by atoms with Crippen LogP contribution in [0.25, 0.3) is 0 Å². The summed E-state index contributed by atoms with van der Waals surface area (Å²) in [7, 11) is 0. The molecule has 0 radical (unpaired) electrons. The van der Waals surface area contributed by atoms with Crippen molar-refractivity contribution in [1.82, 2.24) is 5.32 Å². The zero-order valence-electron chi connectivity index (χ0n) is 18.9. The van der Waals surface area contributed by atoms with Crippen LogP contribution in [0, 0.1) is 13.8 Å². The van der Waals surface area contributed by atoms with Gasteiger partial charge in [0.25, 0.3) is 0 Å². The smallest absolute Gasteiger partial charge is 0.328 e. The van der Waals surface area contributed by atoms with Gasteiger partial charge in [-0.3, -0.25) is 0 Å². The molecule has 0 unspecified atom stereocenters. The molecule has 0 saturated heterocycles. The van der Waals surface area contributed by atoms with Gasteiger partial charge in [0.15, 0.2) is 0 Å². The first-order chi connectivity index (χ1) is 15.8. The van der Waals surface area contributed by atoms with E-state index in [1.54, 1.807) is 0 Å². The van der Waals surface area contributed by atoms with Crippen LogP contribution in [0.3, 0.4) is 0 Å². The number of fused-ring (bicyclic) bond motifs is 2. The summed E-state index contributed by atoms with van der Waals surface area (Å²) in [4.78, 5) is 21.6. The van der Waals surface area contributed by atoms with E-state index in [2.05, 4.69) is 42.3 Å². The van der Waals surface area contributed by atoms with E-state index in [0.717, 1.165) is 56.4 Å². The van der Waals surface area contributed by atoms with Crippen molar-refractivity contribution >= 4 is 29.2 Å². The maximum absolute atomic E-state index is 9.55. The molecule has 7 nitrogen and oxygen atoms in total. The van der Waals surface area contributed by atoms with E-state index < -0.39 is 11.9 Å².